The van der Waals surface area contributed by atoms with Gasteiger partial charge in [0.05, 0.1) is 34.8 Å². The van der Waals surface area contributed by atoms with E-state index in [9.17, 15) is 39.6 Å². The molecular weight excluding hydrogens is 564 g/mol. The molecule has 2 aromatic carbocycles. The standard InChI is InChI=1S/C26H19F6N3O4S/c27-15-8-21(28)19(22(29)9-15)12-35-13-34-24(36)18-10-16(1-4-23(18)35)39-25-20(26(30,31)32)7-14(11-33-25)5-6-40(37,38)17-2-3-17/h1,4,7-11,13,17H,2-3,5-6,12H2. The summed E-state index contributed by atoms with van der Waals surface area (Å²) in [5.74, 6) is -4.73. The van der Waals surface area contributed by atoms with Crippen LogP contribution in [0.25, 0.3) is 10.9 Å². The van der Waals surface area contributed by atoms with Gasteiger partial charge in [0.15, 0.2) is 9.84 Å². The van der Waals surface area contributed by atoms with Gasteiger partial charge in [-0.1, -0.05) is 0 Å². The van der Waals surface area contributed by atoms with Crippen LogP contribution in [0.15, 0.2) is 53.7 Å². The Morgan fingerprint density at radius 2 is 1.70 bits per heavy atom. The number of hydrogen-bond donors (Lipinski definition) is 0. The lowest BCUT2D eigenvalue weighted by Crippen LogP contribution is -2.15. The fraction of sp³-hybridized carbons (Fsp3) is 0.269. The summed E-state index contributed by atoms with van der Waals surface area (Å²) in [5.41, 5.74) is -2.31. The second kappa shape index (κ2) is 10.2. The first-order chi connectivity index (χ1) is 18.8. The molecule has 40 heavy (non-hydrogen) atoms. The van der Waals surface area contributed by atoms with Crippen molar-refractivity contribution in [2.45, 2.75) is 37.2 Å². The van der Waals surface area contributed by atoms with Crippen LogP contribution < -0.4 is 10.3 Å². The molecule has 1 saturated carbocycles. The van der Waals surface area contributed by atoms with E-state index in [2.05, 4.69) is 9.97 Å². The Labute approximate surface area is 223 Å². The van der Waals surface area contributed by atoms with Gasteiger partial charge in [0.1, 0.15) is 28.8 Å². The Kier molecular flexibility index (Phi) is 7.06. The minimum atomic E-state index is -4.89. The molecule has 14 heteroatoms. The molecule has 210 valence electrons. The van der Waals surface area contributed by atoms with E-state index in [-0.39, 0.29) is 34.4 Å². The highest BCUT2D eigenvalue weighted by atomic mass is 32.2. The molecule has 2 aromatic heterocycles. The van der Waals surface area contributed by atoms with Gasteiger partial charge in [-0.3, -0.25) is 4.79 Å². The van der Waals surface area contributed by atoms with E-state index < -0.39 is 67.8 Å². The van der Waals surface area contributed by atoms with Crippen LogP contribution in [0.1, 0.15) is 29.5 Å². The molecule has 0 saturated heterocycles. The first-order valence-corrected chi connectivity index (χ1v) is 13.6. The number of sulfone groups is 1. The third kappa shape index (κ3) is 5.81. The number of nitrogens with zero attached hydrogens (tertiary/aromatic N) is 3. The summed E-state index contributed by atoms with van der Waals surface area (Å²) in [7, 11) is -3.38. The summed E-state index contributed by atoms with van der Waals surface area (Å²) >= 11 is 0. The number of hydrogen-bond acceptors (Lipinski definition) is 6. The van der Waals surface area contributed by atoms with Gasteiger partial charge >= 0.3 is 6.18 Å². The fourth-order valence-electron chi connectivity index (χ4n) is 4.16. The van der Waals surface area contributed by atoms with Gasteiger partial charge in [-0.2, -0.15) is 18.2 Å². The highest BCUT2D eigenvalue weighted by Crippen LogP contribution is 2.38. The van der Waals surface area contributed by atoms with Crippen molar-refractivity contribution in [1.29, 1.82) is 0 Å². The van der Waals surface area contributed by atoms with E-state index in [4.69, 9.17) is 4.74 Å². The van der Waals surface area contributed by atoms with Crippen molar-refractivity contribution < 1.29 is 39.5 Å². The number of aromatic nitrogens is 3. The van der Waals surface area contributed by atoms with Crippen molar-refractivity contribution in [3.63, 3.8) is 0 Å². The largest absolute Gasteiger partial charge is 0.438 e. The maximum atomic E-state index is 14.2. The molecule has 1 aliphatic rings. The van der Waals surface area contributed by atoms with Crippen LogP contribution in [-0.2, 0) is 29.0 Å². The zero-order valence-corrected chi connectivity index (χ0v) is 21.2. The van der Waals surface area contributed by atoms with Crippen molar-refractivity contribution in [3.05, 3.63) is 93.4 Å². The number of pyridine rings is 1. The predicted octanol–water partition coefficient (Wildman–Crippen LogP) is 5.19. The van der Waals surface area contributed by atoms with Gasteiger partial charge in [-0.15, -0.1) is 0 Å². The summed E-state index contributed by atoms with van der Waals surface area (Å²) in [6.45, 7) is -0.459. The molecule has 0 spiro atoms. The monoisotopic (exact) mass is 583 g/mol. The van der Waals surface area contributed by atoms with E-state index in [0.29, 0.717) is 25.0 Å². The molecule has 1 fully saturated rings. The van der Waals surface area contributed by atoms with E-state index in [0.717, 1.165) is 24.7 Å². The smallest absolute Gasteiger partial charge is 0.421 e. The number of fused-ring (bicyclic) bond motifs is 1. The van der Waals surface area contributed by atoms with Crippen molar-refractivity contribution in [1.82, 2.24) is 14.5 Å². The summed E-state index contributed by atoms with van der Waals surface area (Å²) in [4.78, 5) is 19.8. The summed E-state index contributed by atoms with van der Waals surface area (Å²) in [5, 5.41) is -0.566. The molecule has 4 aromatic rings. The molecule has 5 rings (SSSR count). The maximum Gasteiger partial charge on any atom is 0.421 e. The zero-order valence-electron chi connectivity index (χ0n) is 20.4. The topological polar surface area (TPSA) is 91.2 Å². The van der Waals surface area contributed by atoms with Crippen LogP contribution in [0.5, 0.6) is 11.6 Å². The van der Waals surface area contributed by atoms with Crippen LogP contribution >= 0.6 is 0 Å². The lowest BCUT2D eigenvalue weighted by Gasteiger charge is -2.15. The van der Waals surface area contributed by atoms with Crippen LogP contribution in [0.2, 0.25) is 0 Å². The second-order valence-corrected chi connectivity index (χ2v) is 11.7. The molecule has 1 aliphatic carbocycles. The molecule has 0 N–H and O–H groups in total. The van der Waals surface area contributed by atoms with Gasteiger partial charge in [-0.25, -0.2) is 26.6 Å². The number of halogens is 6. The Morgan fingerprint density at radius 3 is 2.35 bits per heavy atom. The van der Waals surface area contributed by atoms with Crippen molar-refractivity contribution in [2.24, 2.45) is 0 Å². The van der Waals surface area contributed by atoms with E-state index in [1.54, 1.807) is 0 Å². The Morgan fingerprint density at radius 1 is 1.00 bits per heavy atom. The predicted molar refractivity (Wildman–Crippen MR) is 131 cm³/mol. The Balaban J connectivity index is 1.44. The zero-order chi connectivity index (χ0) is 28.8. The van der Waals surface area contributed by atoms with E-state index in [1.807, 2.05) is 0 Å². The molecule has 2 heterocycles. The minimum Gasteiger partial charge on any atom is -0.438 e. The molecule has 0 amide bonds. The Bertz CT molecular complexity index is 1760. The molecule has 0 aliphatic heterocycles. The average Bonchev–Trinajstić information content (AvgIpc) is 3.73. The number of aryl methyl sites for hydroxylation is 1. The van der Waals surface area contributed by atoms with Crippen molar-refractivity contribution >= 4 is 20.7 Å². The molecule has 0 atom stereocenters. The van der Waals surface area contributed by atoms with Crippen molar-refractivity contribution in [3.8, 4) is 11.6 Å². The minimum absolute atomic E-state index is 0.0646. The summed E-state index contributed by atoms with van der Waals surface area (Å²) in [6, 6.07) is 5.41. The first kappa shape index (κ1) is 27.6. The summed E-state index contributed by atoms with van der Waals surface area (Å²) < 4.78 is 114. The summed E-state index contributed by atoms with van der Waals surface area (Å²) in [6.07, 6.45) is -1.82. The lowest BCUT2D eigenvalue weighted by atomic mass is 10.1. The molecule has 0 unspecified atom stereocenters. The molecular formula is C26H19F6N3O4S. The normalized spacial score (nSPS) is 14.1. The number of ether oxygens (including phenoxy) is 1. The number of benzene rings is 2. The SMILES string of the molecule is O=c1ncn(Cc2c(F)cc(F)cc2F)c2ccc(Oc3ncc(CCS(=O)(=O)C4CC4)cc3C(F)(F)F)cc12. The van der Waals surface area contributed by atoms with Gasteiger partial charge < -0.3 is 9.30 Å². The molecule has 0 radical (unpaired) electrons. The van der Waals surface area contributed by atoms with Crippen LogP contribution in [0.4, 0.5) is 26.3 Å². The quantitative estimate of drug-likeness (QED) is 0.265. The molecule has 7 nitrogen and oxygen atoms in total. The van der Waals surface area contributed by atoms with Gasteiger partial charge in [0.25, 0.3) is 5.56 Å². The second-order valence-electron chi connectivity index (χ2n) is 9.32. The number of rotatable bonds is 8. The van der Waals surface area contributed by atoms with Crippen LogP contribution in [0, 0.1) is 17.5 Å². The van der Waals surface area contributed by atoms with Gasteiger partial charge in [0.2, 0.25) is 5.88 Å². The third-order valence-electron chi connectivity index (χ3n) is 6.39. The number of alkyl halides is 3. The van der Waals surface area contributed by atoms with Gasteiger partial charge in [0, 0.05) is 23.9 Å². The highest BCUT2D eigenvalue weighted by molar-refractivity contribution is 7.92. The average molecular weight is 584 g/mol. The van der Waals surface area contributed by atoms with E-state index in [1.165, 1.54) is 16.7 Å². The lowest BCUT2D eigenvalue weighted by molar-refractivity contribution is -0.138. The van der Waals surface area contributed by atoms with Crippen LogP contribution in [0.3, 0.4) is 0 Å². The first-order valence-electron chi connectivity index (χ1n) is 11.9. The highest BCUT2D eigenvalue weighted by Gasteiger charge is 2.37. The van der Waals surface area contributed by atoms with Gasteiger partial charge in [-0.05, 0) is 49.1 Å². The van der Waals surface area contributed by atoms with Crippen LogP contribution in [-0.4, -0.2) is 34.0 Å². The van der Waals surface area contributed by atoms with Crippen molar-refractivity contribution in [2.75, 3.05) is 5.75 Å². The Hall–Kier alpha value is -3.94. The molecule has 0 bridgehead atoms. The maximum absolute atomic E-state index is 14.2. The third-order valence-corrected chi connectivity index (χ3v) is 8.65. The fourth-order valence-corrected chi connectivity index (χ4v) is 5.86. The van der Waals surface area contributed by atoms with E-state index >= 15 is 0 Å².